The number of hydrogen-bond acceptors (Lipinski definition) is 4. The number of aromatic nitrogens is 2. The van der Waals surface area contributed by atoms with Gasteiger partial charge in [-0.15, -0.1) is 0 Å². The molecule has 3 aliphatic rings. The van der Waals surface area contributed by atoms with E-state index in [9.17, 15) is 19.1 Å². The van der Waals surface area contributed by atoms with E-state index >= 15 is 0 Å². The van der Waals surface area contributed by atoms with Crippen LogP contribution in [-0.2, 0) is 19.4 Å². The number of carbonyl (C=O) groups is 2. The van der Waals surface area contributed by atoms with E-state index in [0.717, 1.165) is 34.5 Å². The quantitative estimate of drug-likeness (QED) is 0.305. The van der Waals surface area contributed by atoms with Crippen molar-refractivity contribution in [1.29, 1.82) is 0 Å². The molecule has 4 aromatic rings. The van der Waals surface area contributed by atoms with Gasteiger partial charge in [-0.1, -0.05) is 48.9 Å². The SMILES string of the molecule is CC12Cc3cnn(-c4ccc(F)cc4)c3C=C1CC[C@@]2(O)CCc1ccccc1CN1C(=O)c2ccccc2C1=O. The van der Waals surface area contributed by atoms with E-state index in [1.807, 2.05) is 35.1 Å². The fourth-order valence-corrected chi connectivity index (χ4v) is 6.97. The molecule has 1 aliphatic heterocycles. The lowest BCUT2D eigenvalue weighted by Gasteiger charge is -2.42. The van der Waals surface area contributed by atoms with Gasteiger partial charge in [-0.25, -0.2) is 9.07 Å². The molecule has 0 bridgehead atoms. The summed E-state index contributed by atoms with van der Waals surface area (Å²) < 4.78 is 15.3. The zero-order valence-corrected chi connectivity index (χ0v) is 22.8. The van der Waals surface area contributed by atoms with Crippen LogP contribution in [0.2, 0.25) is 0 Å². The second-order valence-corrected chi connectivity index (χ2v) is 11.7. The van der Waals surface area contributed by atoms with E-state index in [4.69, 9.17) is 0 Å². The first-order valence-electron chi connectivity index (χ1n) is 14.1. The van der Waals surface area contributed by atoms with Crippen LogP contribution in [0.15, 0.2) is 84.6 Å². The first-order valence-corrected chi connectivity index (χ1v) is 14.1. The predicted molar refractivity (Wildman–Crippen MR) is 153 cm³/mol. The van der Waals surface area contributed by atoms with Crippen molar-refractivity contribution in [2.24, 2.45) is 5.41 Å². The number of aryl methyl sites for hydroxylation is 1. The second-order valence-electron chi connectivity index (χ2n) is 11.7. The van der Waals surface area contributed by atoms with Crippen LogP contribution in [-0.4, -0.2) is 37.2 Å². The Hall–Kier alpha value is -4.36. The lowest BCUT2D eigenvalue weighted by molar-refractivity contribution is -0.0462. The molecule has 2 heterocycles. The minimum absolute atomic E-state index is 0.204. The third-order valence-corrected chi connectivity index (χ3v) is 9.49. The molecule has 41 heavy (non-hydrogen) atoms. The molecule has 6 nitrogen and oxygen atoms in total. The Labute approximate surface area is 237 Å². The van der Waals surface area contributed by atoms with Crippen molar-refractivity contribution in [3.63, 3.8) is 0 Å². The molecular formula is C34H30FN3O3. The molecule has 206 valence electrons. The number of benzene rings is 3. The van der Waals surface area contributed by atoms with Crippen molar-refractivity contribution in [2.45, 2.75) is 51.2 Å². The fourth-order valence-electron chi connectivity index (χ4n) is 6.97. The number of aliphatic hydroxyl groups is 1. The van der Waals surface area contributed by atoms with Gasteiger partial charge in [0.05, 0.1) is 40.9 Å². The van der Waals surface area contributed by atoms with Crippen molar-refractivity contribution >= 4 is 17.9 Å². The summed E-state index contributed by atoms with van der Waals surface area (Å²) in [6.07, 6.45) is 7.31. The normalized spacial score (nSPS) is 22.9. The average Bonchev–Trinajstić information content (AvgIpc) is 3.58. The van der Waals surface area contributed by atoms with Gasteiger partial charge in [0.1, 0.15) is 5.82 Å². The summed E-state index contributed by atoms with van der Waals surface area (Å²) in [7, 11) is 0. The summed E-state index contributed by atoms with van der Waals surface area (Å²) in [4.78, 5) is 27.3. The van der Waals surface area contributed by atoms with Gasteiger partial charge in [-0.2, -0.15) is 5.10 Å². The third kappa shape index (κ3) is 3.98. The van der Waals surface area contributed by atoms with Gasteiger partial charge >= 0.3 is 0 Å². The van der Waals surface area contributed by atoms with E-state index in [0.29, 0.717) is 36.8 Å². The van der Waals surface area contributed by atoms with Gasteiger partial charge in [-0.05, 0) is 91.3 Å². The van der Waals surface area contributed by atoms with Crippen molar-refractivity contribution in [3.8, 4) is 5.69 Å². The summed E-state index contributed by atoms with van der Waals surface area (Å²) in [6.45, 7) is 2.35. The first kappa shape index (κ1) is 25.6. The lowest BCUT2D eigenvalue weighted by atomic mass is 9.65. The minimum Gasteiger partial charge on any atom is -0.389 e. The predicted octanol–water partition coefficient (Wildman–Crippen LogP) is 5.91. The smallest absolute Gasteiger partial charge is 0.261 e. The minimum atomic E-state index is -0.920. The van der Waals surface area contributed by atoms with Gasteiger partial charge in [0.2, 0.25) is 0 Å². The molecular weight excluding hydrogens is 517 g/mol. The van der Waals surface area contributed by atoms with Crippen LogP contribution in [0.3, 0.4) is 0 Å². The molecule has 1 saturated carbocycles. The van der Waals surface area contributed by atoms with Crippen LogP contribution in [0, 0.1) is 11.2 Å². The van der Waals surface area contributed by atoms with Crippen LogP contribution in [0.25, 0.3) is 11.8 Å². The zero-order valence-electron chi connectivity index (χ0n) is 22.8. The molecule has 1 unspecified atom stereocenters. The summed E-state index contributed by atoms with van der Waals surface area (Å²) in [5.74, 6) is -0.820. The number of rotatable bonds is 6. The number of carbonyl (C=O) groups excluding carboxylic acids is 2. The number of fused-ring (bicyclic) bond motifs is 3. The van der Waals surface area contributed by atoms with Gasteiger partial charge in [-0.3, -0.25) is 14.5 Å². The van der Waals surface area contributed by atoms with Crippen LogP contribution >= 0.6 is 0 Å². The van der Waals surface area contributed by atoms with Crippen molar-refractivity contribution in [3.05, 3.63) is 124 Å². The highest BCUT2D eigenvalue weighted by atomic mass is 19.1. The molecule has 2 amide bonds. The number of hydrogen-bond donors (Lipinski definition) is 1. The van der Waals surface area contributed by atoms with E-state index in [1.165, 1.54) is 22.6 Å². The summed E-state index contributed by atoms with van der Waals surface area (Å²) in [5, 5.41) is 16.7. The van der Waals surface area contributed by atoms with Crippen molar-refractivity contribution in [2.75, 3.05) is 0 Å². The topological polar surface area (TPSA) is 75.4 Å². The average molecular weight is 548 g/mol. The Morgan fingerprint density at radius 2 is 1.59 bits per heavy atom. The Bertz CT molecular complexity index is 1710. The first-order chi connectivity index (χ1) is 19.8. The van der Waals surface area contributed by atoms with Crippen molar-refractivity contribution in [1.82, 2.24) is 14.7 Å². The highest BCUT2D eigenvalue weighted by molar-refractivity contribution is 6.21. The summed E-state index contributed by atoms with van der Waals surface area (Å²) in [5.41, 5.74) is 5.53. The Balaban J connectivity index is 1.11. The van der Waals surface area contributed by atoms with Crippen LogP contribution in [0.4, 0.5) is 4.39 Å². The fraction of sp³-hybridized carbons (Fsp3) is 0.265. The summed E-state index contributed by atoms with van der Waals surface area (Å²) >= 11 is 0. The lowest BCUT2D eigenvalue weighted by Crippen LogP contribution is -2.45. The van der Waals surface area contributed by atoms with Gasteiger partial charge < -0.3 is 5.11 Å². The molecule has 0 spiro atoms. The van der Waals surface area contributed by atoms with Gasteiger partial charge in [0.15, 0.2) is 0 Å². The van der Waals surface area contributed by atoms with Crippen LogP contribution < -0.4 is 0 Å². The highest BCUT2D eigenvalue weighted by Gasteiger charge is 2.54. The van der Waals surface area contributed by atoms with Gasteiger partial charge in [0.25, 0.3) is 11.8 Å². The monoisotopic (exact) mass is 547 g/mol. The molecule has 0 radical (unpaired) electrons. The van der Waals surface area contributed by atoms with E-state index in [-0.39, 0.29) is 24.2 Å². The molecule has 3 aromatic carbocycles. The maximum Gasteiger partial charge on any atom is 0.261 e. The molecule has 0 saturated heterocycles. The van der Waals surface area contributed by atoms with E-state index < -0.39 is 11.0 Å². The Morgan fingerprint density at radius 1 is 0.927 bits per heavy atom. The maximum atomic E-state index is 13.5. The standard InChI is InChI=1S/C34H30FN3O3/c1-33-19-24-20-36-38(27-12-10-26(35)11-13-27)30(24)18-25(33)15-17-34(33,41)16-14-22-6-2-3-7-23(22)21-37-31(39)28-8-4-5-9-29(28)32(37)40/h2-13,18,20,41H,14-17,19,21H2,1H3/t33?,34-/m0/s1. The Kier molecular flexibility index (Phi) is 5.84. The maximum absolute atomic E-state index is 13.5. The number of halogens is 1. The largest absolute Gasteiger partial charge is 0.389 e. The third-order valence-electron chi connectivity index (χ3n) is 9.49. The van der Waals surface area contributed by atoms with Crippen LogP contribution in [0.5, 0.6) is 0 Å². The van der Waals surface area contributed by atoms with E-state index in [1.54, 1.807) is 36.4 Å². The molecule has 7 heteroatoms. The Morgan fingerprint density at radius 3 is 2.29 bits per heavy atom. The molecule has 1 fully saturated rings. The molecule has 2 atom stereocenters. The summed E-state index contributed by atoms with van der Waals surface area (Å²) in [6, 6.07) is 21.1. The van der Waals surface area contributed by atoms with Crippen molar-refractivity contribution < 1.29 is 19.1 Å². The molecule has 2 aliphatic carbocycles. The van der Waals surface area contributed by atoms with Gasteiger partial charge in [0, 0.05) is 5.41 Å². The number of imide groups is 1. The highest BCUT2D eigenvalue weighted by Crippen LogP contribution is 2.57. The van der Waals surface area contributed by atoms with E-state index in [2.05, 4.69) is 18.1 Å². The number of nitrogens with zero attached hydrogens (tertiary/aromatic N) is 3. The van der Waals surface area contributed by atoms with Crippen LogP contribution in [0.1, 0.15) is 69.3 Å². The molecule has 7 rings (SSSR count). The molecule has 1 aromatic heterocycles. The second kappa shape index (κ2) is 9.35. The number of amides is 2. The molecule has 1 N–H and O–H groups in total. The zero-order chi connectivity index (χ0) is 28.4.